The minimum atomic E-state index is -2.87. The van der Waals surface area contributed by atoms with Gasteiger partial charge in [0.05, 0.1) is 0 Å². The summed E-state index contributed by atoms with van der Waals surface area (Å²) in [6.07, 6.45) is 25.7. The van der Waals surface area contributed by atoms with Crippen molar-refractivity contribution in [3.05, 3.63) is 24.3 Å². The second kappa shape index (κ2) is 35.4. The van der Waals surface area contributed by atoms with Crippen LogP contribution < -0.4 is 0 Å². The molecule has 0 aliphatic rings. The van der Waals surface area contributed by atoms with Crippen LogP contribution in [0.15, 0.2) is 24.3 Å². The van der Waals surface area contributed by atoms with Crippen molar-refractivity contribution in [3.63, 3.8) is 0 Å². The molecule has 11 heteroatoms. The Labute approximate surface area is 334 Å². The highest BCUT2D eigenvalue weighted by Crippen LogP contribution is 2.41. The van der Waals surface area contributed by atoms with Crippen molar-refractivity contribution in [2.45, 2.75) is 193 Å². The van der Waals surface area contributed by atoms with Crippen LogP contribution >= 0.6 is 7.92 Å². The standard InChI is InChI=1S/C44H78F4NO5P/c1-5-7-9-15-21-31-43(45,46)33-26-36-53-40(50)28-19-13-11-17-23-38-55(42(52)30-25-35-49(3)4)39-24-18-12-14-20-29-41(51)54-37-27-34-44(47,48)32-22-16-10-8-6-2/h26-27,33-34H,5-25,28-32,35-39H2,1-4H3. The maximum absolute atomic E-state index is 13.9. The predicted molar refractivity (Wildman–Crippen MR) is 222 cm³/mol. The first-order valence-corrected chi connectivity index (χ1v) is 23.4. The number of allylic oxidation sites excluding steroid dienone is 2. The Morgan fingerprint density at radius 1 is 0.527 bits per heavy atom. The Morgan fingerprint density at radius 3 is 1.33 bits per heavy atom. The number of rotatable bonds is 39. The average Bonchev–Trinajstić information content (AvgIpc) is 3.13. The van der Waals surface area contributed by atoms with Gasteiger partial charge in [0.1, 0.15) is 13.2 Å². The van der Waals surface area contributed by atoms with Crippen LogP contribution in [0.2, 0.25) is 0 Å². The SMILES string of the molecule is CCCCCCCC(F)(F)C=CCOC(=O)CCCCCCCP(CCCCCCCC(=O)OCC=CC(F)(F)CCCCCCC)C(=O)CCCN(C)C. The summed E-state index contributed by atoms with van der Waals surface area (Å²) in [7, 11) is 3.33. The molecule has 55 heavy (non-hydrogen) atoms. The van der Waals surface area contributed by atoms with Gasteiger partial charge >= 0.3 is 11.9 Å². The van der Waals surface area contributed by atoms with Crippen LogP contribution in [0.1, 0.15) is 181 Å². The highest BCUT2D eigenvalue weighted by atomic mass is 31.1. The fourth-order valence-corrected chi connectivity index (χ4v) is 8.64. The van der Waals surface area contributed by atoms with Crippen molar-refractivity contribution >= 4 is 25.4 Å². The number of hydrogen-bond acceptors (Lipinski definition) is 6. The van der Waals surface area contributed by atoms with E-state index in [9.17, 15) is 31.9 Å². The first-order valence-electron chi connectivity index (χ1n) is 21.7. The topological polar surface area (TPSA) is 72.9 Å². The molecule has 0 fully saturated rings. The summed E-state index contributed by atoms with van der Waals surface area (Å²) in [5.41, 5.74) is 0.403. The maximum atomic E-state index is 13.9. The van der Waals surface area contributed by atoms with Crippen LogP contribution in [0, 0.1) is 0 Å². The lowest BCUT2D eigenvalue weighted by atomic mass is 10.1. The molecule has 0 atom stereocenters. The molecule has 6 nitrogen and oxygen atoms in total. The molecule has 322 valence electrons. The van der Waals surface area contributed by atoms with Gasteiger partial charge in [0.15, 0.2) is 5.52 Å². The van der Waals surface area contributed by atoms with E-state index in [2.05, 4.69) is 18.7 Å². The van der Waals surface area contributed by atoms with E-state index in [-0.39, 0.29) is 50.8 Å². The van der Waals surface area contributed by atoms with E-state index in [1.54, 1.807) is 0 Å². The molecule has 0 aliphatic heterocycles. The van der Waals surface area contributed by atoms with Crippen molar-refractivity contribution in [1.82, 2.24) is 4.90 Å². The van der Waals surface area contributed by atoms with Crippen molar-refractivity contribution < 1.29 is 41.4 Å². The van der Waals surface area contributed by atoms with Crippen LogP contribution in [0.25, 0.3) is 0 Å². The normalized spacial score (nSPS) is 13.0. The zero-order valence-corrected chi connectivity index (χ0v) is 36.1. The summed E-state index contributed by atoms with van der Waals surface area (Å²) in [6.45, 7) is 4.82. The Morgan fingerprint density at radius 2 is 0.909 bits per heavy atom. The fourth-order valence-electron chi connectivity index (χ4n) is 6.23. The van der Waals surface area contributed by atoms with Gasteiger partial charge in [-0.25, -0.2) is 17.6 Å². The molecule has 0 saturated heterocycles. The maximum Gasteiger partial charge on any atom is 0.306 e. The second-order valence-corrected chi connectivity index (χ2v) is 17.8. The van der Waals surface area contributed by atoms with E-state index in [4.69, 9.17) is 9.47 Å². The van der Waals surface area contributed by atoms with Crippen LogP contribution in [-0.4, -0.2) is 80.4 Å². The van der Waals surface area contributed by atoms with Crippen LogP contribution in [0.5, 0.6) is 0 Å². The lowest BCUT2D eigenvalue weighted by Crippen LogP contribution is -2.14. The number of alkyl halides is 4. The van der Waals surface area contributed by atoms with Crippen molar-refractivity contribution in [2.75, 3.05) is 46.2 Å². The number of halogens is 4. The molecule has 0 aromatic carbocycles. The lowest BCUT2D eigenvalue weighted by molar-refractivity contribution is -0.143. The van der Waals surface area contributed by atoms with Gasteiger partial charge in [-0.2, -0.15) is 0 Å². The number of ether oxygens (including phenoxy) is 2. The highest BCUT2D eigenvalue weighted by Gasteiger charge is 2.24. The third-order valence-corrected chi connectivity index (χ3v) is 12.2. The minimum absolute atomic E-state index is 0.129. The molecule has 0 N–H and O–H groups in total. The highest BCUT2D eigenvalue weighted by molar-refractivity contribution is 7.74. The molecule has 0 radical (unpaired) electrons. The first-order chi connectivity index (χ1) is 26.3. The van der Waals surface area contributed by atoms with Gasteiger partial charge in [-0.15, -0.1) is 0 Å². The molecule has 0 amide bonds. The van der Waals surface area contributed by atoms with E-state index in [0.717, 1.165) is 140 Å². The number of esters is 2. The number of nitrogens with zero attached hydrogens (tertiary/aromatic N) is 1. The van der Waals surface area contributed by atoms with Gasteiger partial charge in [-0.1, -0.05) is 104 Å². The monoisotopic (exact) mass is 808 g/mol. The molecule has 0 aromatic rings. The first kappa shape index (κ1) is 53.2. The van der Waals surface area contributed by atoms with E-state index in [1.807, 2.05) is 14.1 Å². The Bertz CT molecular complexity index is 958. The largest absolute Gasteiger partial charge is 0.461 e. The molecule has 0 unspecified atom stereocenters. The number of carbonyl (C=O) groups is 3. The Hall–Kier alpha value is -1.80. The molecular formula is C44H78F4NO5P. The molecule has 0 rings (SSSR count). The summed E-state index contributed by atoms with van der Waals surface area (Å²) in [6, 6.07) is 0. The molecule has 0 heterocycles. The van der Waals surface area contributed by atoms with Crippen LogP contribution in [-0.2, 0) is 23.9 Å². The third kappa shape index (κ3) is 36.3. The molecule has 0 spiro atoms. The minimum Gasteiger partial charge on any atom is -0.461 e. The molecular weight excluding hydrogens is 729 g/mol. The summed E-state index contributed by atoms with van der Waals surface area (Å²) in [4.78, 5) is 39.3. The summed E-state index contributed by atoms with van der Waals surface area (Å²) >= 11 is 0. The van der Waals surface area contributed by atoms with Crippen molar-refractivity contribution in [1.29, 1.82) is 0 Å². The third-order valence-electron chi connectivity index (χ3n) is 9.60. The van der Waals surface area contributed by atoms with Crippen molar-refractivity contribution in [2.24, 2.45) is 0 Å². The molecule has 0 bridgehead atoms. The zero-order valence-electron chi connectivity index (χ0n) is 35.2. The number of carbonyl (C=O) groups excluding carboxylic acids is 3. The molecule has 0 aromatic heterocycles. The van der Waals surface area contributed by atoms with Gasteiger partial charge in [-0.05, 0) is 110 Å². The van der Waals surface area contributed by atoms with Crippen molar-refractivity contribution in [3.8, 4) is 0 Å². The van der Waals surface area contributed by atoms with E-state index in [1.165, 1.54) is 12.2 Å². The van der Waals surface area contributed by atoms with E-state index >= 15 is 0 Å². The van der Waals surface area contributed by atoms with E-state index < -0.39 is 19.8 Å². The Kier molecular flexibility index (Phi) is 34.2. The van der Waals surface area contributed by atoms with Crippen LogP contribution in [0.3, 0.4) is 0 Å². The second-order valence-electron chi connectivity index (χ2n) is 15.3. The molecule has 0 aliphatic carbocycles. The summed E-state index contributed by atoms with van der Waals surface area (Å²) < 4.78 is 66.0. The van der Waals surface area contributed by atoms with E-state index in [0.29, 0.717) is 37.6 Å². The predicted octanol–water partition coefficient (Wildman–Crippen LogP) is 13.2. The lowest BCUT2D eigenvalue weighted by Gasteiger charge is -2.17. The van der Waals surface area contributed by atoms with Gasteiger partial charge < -0.3 is 14.4 Å². The molecule has 0 saturated carbocycles. The van der Waals surface area contributed by atoms with Gasteiger partial charge in [-0.3, -0.25) is 14.4 Å². The number of unbranched alkanes of at least 4 members (excludes halogenated alkanes) is 16. The number of hydrogen-bond donors (Lipinski definition) is 0. The van der Waals surface area contributed by atoms with Gasteiger partial charge in [0.25, 0.3) is 11.8 Å². The Balaban J connectivity index is 4.24. The van der Waals surface area contributed by atoms with Gasteiger partial charge in [0.2, 0.25) is 0 Å². The average molecular weight is 808 g/mol. The van der Waals surface area contributed by atoms with Gasteiger partial charge in [0, 0.05) is 32.1 Å². The zero-order chi connectivity index (χ0) is 41.0. The quantitative estimate of drug-likeness (QED) is 0.0202. The smallest absolute Gasteiger partial charge is 0.306 e. The summed E-state index contributed by atoms with van der Waals surface area (Å²) in [5.74, 6) is -6.46. The summed E-state index contributed by atoms with van der Waals surface area (Å²) in [5, 5.41) is 0. The van der Waals surface area contributed by atoms with Crippen LogP contribution in [0.4, 0.5) is 17.6 Å². The fraction of sp³-hybridized carbons (Fsp3) is 0.841.